The first-order chi connectivity index (χ1) is 9.78. The molecule has 1 fully saturated rings. The monoisotopic (exact) mass is 286 g/mol. The van der Waals surface area contributed by atoms with Crippen molar-refractivity contribution in [2.45, 2.75) is 25.7 Å². The first-order valence-corrected chi connectivity index (χ1v) is 7.86. The molecule has 1 aromatic carbocycles. The highest BCUT2D eigenvalue weighted by atomic mass is 32.1. The number of piperidine rings is 1. The molecule has 104 valence electrons. The predicted octanol–water partition coefficient (Wildman–Crippen LogP) is 3.58. The van der Waals surface area contributed by atoms with Crippen molar-refractivity contribution in [1.82, 2.24) is 9.88 Å². The molecule has 1 amide bonds. The number of thiazole rings is 1. The van der Waals surface area contributed by atoms with E-state index >= 15 is 0 Å². The van der Waals surface area contributed by atoms with Crippen LogP contribution in [0, 0.1) is 0 Å². The zero-order chi connectivity index (χ0) is 13.9. The lowest BCUT2D eigenvalue weighted by Gasteiger charge is -2.30. The fraction of sp³-hybridized carbons (Fsp3) is 0.375. The van der Waals surface area contributed by atoms with Crippen LogP contribution in [-0.2, 0) is 4.79 Å². The highest BCUT2D eigenvalue weighted by molar-refractivity contribution is 7.18. The number of benzene rings is 1. The van der Waals surface area contributed by atoms with Gasteiger partial charge in [0.2, 0.25) is 5.91 Å². The van der Waals surface area contributed by atoms with Crippen LogP contribution in [0.25, 0.3) is 10.2 Å². The van der Waals surface area contributed by atoms with E-state index in [0.717, 1.165) is 31.4 Å². The van der Waals surface area contributed by atoms with E-state index in [9.17, 15) is 4.79 Å². The molecule has 0 bridgehead atoms. The number of rotatable bonds is 2. The summed E-state index contributed by atoms with van der Waals surface area (Å²) in [4.78, 5) is 18.5. The van der Waals surface area contributed by atoms with E-state index in [1.165, 1.54) is 9.71 Å². The van der Waals surface area contributed by atoms with Crippen LogP contribution in [-0.4, -0.2) is 28.9 Å². The van der Waals surface area contributed by atoms with Crippen molar-refractivity contribution in [2.24, 2.45) is 0 Å². The van der Waals surface area contributed by atoms with E-state index in [1.54, 1.807) is 17.4 Å². The van der Waals surface area contributed by atoms with Crippen molar-refractivity contribution < 1.29 is 4.79 Å². The van der Waals surface area contributed by atoms with E-state index < -0.39 is 0 Å². The molecule has 0 spiro atoms. The van der Waals surface area contributed by atoms with Gasteiger partial charge >= 0.3 is 0 Å². The Labute approximate surface area is 122 Å². The topological polar surface area (TPSA) is 33.2 Å². The van der Waals surface area contributed by atoms with Crippen molar-refractivity contribution >= 4 is 27.5 Å². The number of allylic oxidation sites excluding steroid dienone is 1. The maximum atomic E-state index is 11.8. The van der Waals surface area contributed by atoms with Crippen LogP contribution in [0.5, 0.6) is 0 Å². The Morgan fingerprint density at radius 1 is 1.35 bits per heavy atom. The Bertz CT molecular complexity index is 606. The second-order valence-corrected chi connectivity index (χ2v) is 6.18. The quantitative estimate of drug-likeness (QED) is 0.791. The van der Waals surface area contributed by atoms with Gasteiger partial charge < -0.3 is 4.90 Å². The van der Waals surface area contributed by atoms with Crippen molar-refractivity contribution in [3.05, 3.63) is 41.4 Å². The van der Waals surface area contributed by atoms with Crippen LogP contribution in [0.3, 0.4) is 0 Å². The summed E-state index contributed by atoms with van der Waals surface area (Å²) in [7, 11) is 0. The molecule has 1 aromatic heterocycles. The Morgan fingerprint density at radius 2 is 2.10 bits per heavy atom. The van der Waals surface area contributed by atoms with Gasteiger partial charge in [-0.15, -0.1) is 11.3 Å². The lowest BCUT2D eigenvalue weighted by molar-refractivity contribution is -0.127. The number of nitrogens with zero attached hydrogens (tertiary/aromatic N) is 2. The summed E-state index contributed by atoms with van der Waals surface area (Å²) in [6.45, 7) is 3.55. The van der Waals surface area contributed by atoms with Gasteiger partial charge in [-0.1, -0.05) is 18.2 Å². The molecule has 0 radical (unpaired) electrons. The van der Waals surface area contributed by atoms with Crippen molar-refractivity contribution in [2.75, 3.05) is 13.1 Å². The molecule has 0 saturated carbocycles. The van der Waals surface area contributed by atoms with Crippen molar-refractivity contribution in [3.63, 3.8) is 0 Å². The smallest absolute Gasteiger partial charge is 0.246 e. The second kappa shape index (κ2) is 5.75. The molecule has 1 aliphatic heterocycles. The molecule has 0 atom stereocenters. The van der Waals surface area contributed by atoms with Gasteiger partial charge in [0, 0.05) is 19.0 Å². The van der Waals surface area contributed by atoms with Crippen LogP contribution in [0.4, 0.5) is 0 Å². The van der Waals surface area contributed by atoms with Gasteiger partial charge in [-0.3, -0.25) is 4.79 Å². The van der Waals surface area contributed by atoms with Crippen LogP contribution >= 0.6 is 11.3 Å². The molecule has 1 aliphatic rings. The van der Waals surface area contributed by atoms with E-state index in [0.29, 0.717) is 5.92 Å². The summed E-state index contributed by atoms with van der Waals surface area (Å²) in [5.41, 5.74) is 1.10. The SMILES string of the molecule is C/C=C/C(=O)N1CCC(c2nc3ccccc3s2)CC1. The number of carbonyl (C=O) groups excluding carboxylic acids is 1. The first kappa shape index (κ1) is 13.3. The number of likely N-dealkylation sites (tertiary alicyclic amines) is 1. The number of hydrogen-bond acceptors (Lipinski definition) is 3. The lowest BCUT2D eigenvalue weighted by Crippen LogP contribution is -2.36. The molecule has 4 heteroatoms. The minimum absolute atomic E-state index is 0.134. The lowest BCUT2D eigenvalue weighted by atomic mass is 9.97. The minimum Gasteiger partial charge on any atom is -0.339 e. The fourth-order valence-electron chi connectivity index (χ4n) is 2.66. The number of aromatic nitrogens is 1. The van der Waals surface area contributed by atoms with Crippen LogP contribution in [0.15, 0.2) is 36.4 Å². The molecular weight excluding hydrogens is 268 g/mol. The van der Waals surface area contributed by atoms with E-state index in [2.05, 4.69) is 18.2 Å². The minimum atomic E-state index is 0.134. The molecule has 2 heterocycles. The molecule has 3 nitrogen and oxygen atoms in total. The number of carbonyl (C=O) groups is 1. The highest BCUT2D eigenvalue weighted by Gasteiger charge is 2.24. The zero-order valence-corrected chi connectivity index (χ0v) is 12.4. The third-order valence-corrected chi connectivity index (χ3v) is 4.97. The standard InChI is InChI=1S/C16H18N2OS/c1-2-5-15(19)18-10-8-12(9-11-18)16-17-13-6-3-4-7-14(13)20-16/h2-7,12H,8-11H2,1H3/b5-2+. The number of hydrogen-bond donors (Lipinski definition) is 0. The van der Waals surface area contributed by atoms with Gasteiger partial charge in [0.05, 0.1) is 15.2 Å². The Morgan fingerprint density at radius 3 is 2.80 bits per heavy atom. The summed E-state index contributed by atoms with van der Waals surface area (Å²) in [5, 5.41) is 1.23. The summed E-state index contributed by atoms with van der Waals surface area (Å²) < 4.78 is 1.26. The maximum Gasteiger partial charge on any atom is 0.246 e. The predicted molar refractivity (Wildman–Crippen MR) is 83.0 cm³/mol. The van der Waals surface area contributed by atoms with Gasteiger partial charge in [0.25, 0.3) is 0 Å². The molecule has 1 saturated heterocycles. The molecule has 0 unspecified atom stereocenters. The van der Waals surface area contributed by atoms with E-state index in [4.69, 9.17) is 4.98 Å². The van der Waals surface area contributed by atoms with E-state index in [1.807, 2.05) is 24.0 Å². The average Bonchev–Trinajstić information content (AvgIpc) is 2.91. The normalized spacial score (nSPS) is 17.1. The number of amides is 1. The van der Waals surface area contributed by atoms with Crippen LogP contribution in [0.1, 0.15) is 30.7 Å². The number of fused-ring (bicyclic) bond motifs is 1. The second-order valence-electron chi connectivity index (χ2n) is 5.12. The fourth-order valence-corrected chi connectivity index (χ4v) is 3.80. The average molecular weight is 286 g/mol. The highest BCUT2D eigenvalue weighted by Crippen LogP contribution is 2.33. The van der Waals surface area contributed by atoms with Gasteiger partial charge in [0.15, 0.2) is 0 Å². The maximum absolute atomic E-state index is 11.8. The zero-order valence-electron chi connectivity index (χ0n) is 11.6. The largest absolute Gasteiger partial charge is 0.339 e. The molecular formula is C16H18N2OS. The number of para-hydroxylation sites is 1. The van der Waals surface area contributed by atoms with Crippen molar-refractivity contribution in [1.29, 1.82) is 0 Å². The van der Waals surface area contributed by atoms with E-state index in [-0.39, 0.29) is 5.91 Å². The Hall–Kier alpha value is -1.68. The Kier molecular flexibility index (Phi) is 3.83. The summed E-state index contributed by atoms with van der Waals surface area (Å²) in [6.07, 6.45) is 5.49. The molecule has 0 aliphatic carbocycles. The van der Waals surface area contributed by atoms with Gasteiger partial charge in [0.1, 0.15) is 0 Å². The van der Waals surface area contributed by atoms with Gasteiger partial charge in [-0.2, -0.15) is 0 Å². The summed E-state index contributed by atoms with van der Waals surface area (Å²) in [6, 6.07) is 8.29. The molecule has 3 rings (SSSR count). The van der Waals surface area contributed by atoms with Crippen LogP contribution < -0.4 is 0 Å². The molecule has 2 aromatic rings. The van der Waals surface area contributed by atoms with Crippen molar-refractivity contribution in [3.8, 4) is 0 Å². The third kappa shape index (κ3) is 2.61. The van der Waals surface area contributed by atoms with Gasteiger partial charge in [-0.25, -0.2) is 4.98 Å². The third-order valence-electron chi connectivity index (χ3n) is 3.78. The summed E-state index contributed by atoms with van der Waals surface area (Å²) in [5.74, 6) is 0.636. The molecule has 20 heavy (non-hydrogen) atoms. The Balaban J connectivity index is 1.70. The summed E-state index contributed by atoms with van der Waals surface area (Å²) >= 11 is 1.80. The van der Waals surface area contributed by atoms with Crippen LogP contribution in [0.2, 0.25) is 0 Å². The first-order valence-electron chi connectivity index (χ1n) is 7.05. The van der Waals surface area contributed by atoms with Gasteiger partial charge in [-0.05, 0) is 38.0 Å². The molecule has 0 N–H and O–H groups in total.